The van der Waals surface area contributed by atoms with Gasteiger partial charge in [0.1, 0.15) is 0 Å². The highest BCUT2D eigenvalue weighted by molar-refractivity contribution is 7.09. The zero-order valence-electron chi connectivity index (χ0n) is 13.2. The lowest BCUT2D eigenvalue weighted by atomic mass is 9.90. The number of hydrogen-bond donors (Lipinski definition) is 1. The number of thiazole rings is 1. The molecule has 1 aromatic carbocycles. The summed E-state index contributed by atoms with van der Waals surface area (Å²) in [4.78, 5) is 4.76. The monoisotopic (exact) mass is 300 g/mol. The van der Waals surface area contributed by atoms with Crippen LogP contribution in [0.4, 0.5) is 5.69 Å². The molecule has 0 saturated heterocycles. The van der Waals surface area contributed by atoms with E-state index < -0.39 is 0 Å². The molecule has 1 aliphatic carbocycles. The van der Waals surface area contributed by atoms with Gasteiger partial charge < -0.3 is 5.32 Å². The van der Waals surface area contributed by atoms with Crippen molar-refractivity contribution in [2.45, 2.75) is 58.4 Å². The highest BCUT2D eigenvalue weighted by atomic mass is 32.1. The summed E-state index contributed by atoms with van der Waals surface area (Å²) in [6.45, 7) is 7.48. The maximum absolute atomic E-state index is 4.76. The molecule has 3 rings (SSSR count). The predicted octanol–water partition coefficient (Wildman–Crippen LogP) is 4.93. The van der Waals surface area contributed by atoms with Crippen LogP contribution in [-0.4, -0.2) is 4.98 Å². The molecule has 0 spiro atoms. The van der Waals surface area contributed by atoms with E-state index in [1.165, 1.54) is 47.5 Å². The summed E-state index contributed by atoms with van der Waals surface area (Å²) < 4.78 is 0. The third kappa shape index (κ3) is 3.29. The number of anilines is 1. The molecule has 0 amide bonds. The Balaban J connectivity index is 1.72. The number of aryl methyl sites for hydroxylation is 1. The lowest BCUT2D eigenvalue weighted by Crippen LogP contribution is -2.11. The van der Waals surface area contributed by atoms with Gasteiger partial charge in [-0.25, -0.2) is 4.98 Å². The summed E-state index contributed by atoms with van der Waals surface area (Å²) in [5, 5.41) is 7.00. The van der Waals surface area contributed by atoms with E-state index >= 15 is 0 Å². The number of fused-ring (bicyclic) bond motifs is 1. The Kier molecular flexibility index (Phi) is 4.03. The Bertz CT molecular complexity index is 622. The molecule has 0 unspecified atom stereocenters. The van der Waals surface area contributed by atoms with Crippen LogP contribution in [-0.2, 0) is 24.8 Å². The number of rotatable bonds is 3. The largest absolute Gasteiger partial charge is 0.379 e. The highest BCUT2D eigenvalue weighted by Crippen LogP contribution is 2.29. The van der Waals surface area contributed by atoms with Gasteiger partial charge in [-0.15, -0.1) is 11.3 Å². The van der Waals surface area contributed by atoms with Crippen molar-refractivity contribution in [3.8, 4) is 0 Å². The van der Waals surface area contributed by atoms with Crippen molar-refractivity contribution in [1.29, 1.82) is 0 Å². The van der Waals surface area contributed by atoms with Crippen LogP contribution in [0.1, 0.15) is 55.4 Å². The van der Waals surface area contributed by atoms with Gasteiger partial charge in [0.05, 0.1) is 17.2 Å². The molecule has 0 saturated carbocycles. The van der Waals surface area contributed by atoms with E-state index in [1.54, 1.807) is 11.3 Å². The molecule has 2 aromatic rings. The molecule has 1 aliphatic rings. The average molecular weight is 300 g/mol. The lowest BCUT2D eigenvalue weighted by molar-refractivity contribution is 0.583. The minimum Gasteiger partial charge on any atom is -0.379 e. The third-order valence-corrected chi connectivity index (χ3v) is 5.37. The van der Waals surface area contributed by atoms with Crippen molar-refractivity contribution in [2.75, 3.05) is 5.32 Å². The van der Waals surface area contributed by atoms with Gasteiger partial charge in [-0.05, 0) is 42.9 Å². The fourth-order valence-corrected chi connectivity index (χ4v) is 3.77. The first-order chi connectivity index (χ1) is 10.0. The van der Waals surface area contributed by atoms with Gasteiger partial charge in [-0.1, -0.05) is 32.9 Å². The second kappa shape index (κ2) is 5.80. The molecule has 112 valence electrons. The van der Waals surface area contributed by atoms with Crippen molar-refractivity contribution in [2.24, 2.45) is 0 Å². The molecule has 2 nitrogen and oxygen atoms in total. The lowest BCUT2D eigenvalue weighted by Gasteiger charge is -2.20. The SMILES string of the molecule is CC(C)(C)c1nc(CNc2cccc3c2CCCC3)cs1. The molecule has 0 bridgehead atoms. The minimum atomic E-state index is 0.148. The first-order valence-electron chi connectivity index (χ1n) is 7.83. The van der Waals surface area contributed by atoms with E-state index in [-0.39, 0.29) is 5.41 Å². The standard InChI is InChI=1S/C18H24N2S/c1-18(2,3)17-20-14(12-21-17)11-19-16-10-6-8-13-7-4-5-9-15(13)16/h6,8,10,12,19H,4-5,7,9,11H2,1-3H3. The normalized spacial score (nSPS) is 14.8. The third-order valence-electron chi connectivity index (χ3n) is 4.05. The van der Waals surface area contributed by atoms with Crippen LogP contribution in [0.3, 0.4) is 0 Å². The van der Waals surface area contributed by atoms with Crippen LogP contribution >= 0.6 is 11.3 Å². The van der Waals surface area contributed by atoms with Crippen LogP contribution in [0, 0.1) is 0 Å². The van der Waals surface area contributed by atoms with Gasteiger partial charge in [0.15, 0.2) is 0 Å². The van der Waals surface area contributed by atoms with Gasteiger partial charge in [0.2, 0.25) is 0 Å². The maximum atomic E-state index is 4.76. The van der Waals surface area contributed by atoms with Crippen LogP contribution < -0.4 is 5.32 Å². The molecular formula is C18H24N2S. The Morgan fingerprint density at radius 3 is 2.76 bits per heavy atom. The van der Waals surface area contributed by atoms with E-state index in [0.29, 0.717) is 0 Å². The average Bonchev–Trinajstić information content (AvgIpc) is 2.94. The molecule has 0 aliphatic heterocycles. The van der Waals surface area contributed by atoms with Gasteiger partial charge >= 0.3 is 0 Å². The summed E-state index contributed by atoms with van der Waals surface area (Å²) in [6, 6.07) is 6.66. The molecule has 21 heavy (non-hydrogen) atoms. The zero-order chi connectivity index (χ0) is 14.9. The highest BCUT2D eigenvalue weighted by Gasteiger charge is 2.18. The van der Waals surface area contributed by atoms with Crippen LogP contribution in [0.25, 0.3) is 0 Å². The van der Waals surface area contributed by atoms with Crippen molar-refractivity contribution >= 4 is 17.0 Å². The summed E-state index contributed by atoms with van der Waals surface area (Å²) >= 11 is 1.77. The Morgan fingerprint density at radius 2 is 2.00 bits per heavy atom. The minimum absolute atomic E-state index is 0.148. The second-order valence-electron chi connectivity index (χ2n) is 6.90. The second-order valence-corrected chi connectivity index (χ2v) is 7.76. The molecule has 1 aromatic heterocycles. The summed E-state index contributed by atoms with van der Waals surface area (Å²) in [5.41, 5.74) is 5.65. The van der Waals surface area contributed by atoms with E-state index in [1.807, 2.05) is 0 Å². The Labute approximate surface area is 131 Å². The number of nitrogens with one attached hydrogen (secondary N) is 1. The topological polar surface area (TPSA) is 24.9 Å². The molecule has 1 heterocycles. The number of benzene rings is 1. The van der Waals surface area contributed by atoms with Crippen molar-refractivity contribution in [3.63, 3.8) is 0 Å². The van der Waals surface area contributed by atoms with Crippen LogP contribution in [0.5, 0.6) is 0 Å². The summed E-state index contributed by atoms with van der Waals surface area (Å²) in [6.07, 6.45) is 5.09. The summed E-state index contributed by atoms with van der Waals surface area (Å²) in [5.74, 6) is 0. The molecule has 0 fully saturated rings. The quantitative estimate of drug-likeness (QED) is 0.869. The van der Waals surface area contributed by atoms with Crippen LogP contribution in [0.2, 0.25) is 0 Å². The predicted molar refractivity (Wildman–Crippen MR) is 91.2 cm³/mol. The van der Waals surface area contributed by atoms with Crippen molar-refractivity contribution in [1.82, 2.24) is 4.98 Å². The first-order valence-corrected chi connectivity index (χ1v) is 8.71. The van der Waals surface area contributed by atoms with Gasteiger partial charge in [-0.2, -0.15) is 0 Å². The van der Waals surface area contributed by atoms with Crippen LogP contribution in [0.15, 0.2) is 23.6 Å². The van der Waals surface area contributed by atoms with Gasteiger partial charge in [0, 0.05) is 16.5 Å². The van der Waals surface area contributed by atoms with Gasteiger partial charge in [0.25, 0.3) is 0 Å². The van der Waals surface area contributed by atoms with E-state index in [0.717, 1.165) is 12.2 Å². The maximum Gasteiger partial charge on any atom is 0.0982 e. The number of aromatic nitrogens is 1. The molecule has 0 radical (unpaired) electrons. The van der Waals surface area contributed by atoms with Gasteiger partial charge in [-0.3, -0.25) is 0 Å². The molecular weight excluding hydrogens is 276 g/mol. The Morgan fingerprint density at radius 1 is 1.19 bits per heavy atom. The van der Waals surface area contributed by atoms with Crippen molar-refractivity contribution in [3.05, 3.63) is 45.4 Å². The fourth-order valence-electron chi connectivity index (χ4n) is 2.87. The molecule has 3 heteroatoms. The van der Waals surface area contributed by atoms with Crippen molar-refractivity contribution < 1.29 is 0 Å². The fraction of sp³-hybridized carbons (Fsp3) is 0.500. The Hall–Kier alpha value is -1.35. The van der Waals surface area contributed by atoms with E-state index in [9.17, 15) is 0 Å². The zero-order valence-corrected chi connectivity index (χ0v) is 14.0. The number of hydrogen-bond acceptors (Lipinski definition) is 3. The number of nitrogens with zero attached hydrogens (tertiary/aromatic N) is 1. The smallest absolute Gasteiger partial charge is 0.0982 e. The van der Waals surface area contributed by atoms with E-state index in [2.05, 4.69) is 49.7 Å². The van der Waals surface area contributed by atoms with E-state index in [4.69, 9.17) is 4.98 Å². The summed E-state index contributed by atoms with van der Waals surface area (Å²) in [7, 11) is 0. The first kappa shape index (κ1) is 14.6. The molecule has 1 N–H and O–H groups in total. The molecule has 0 atom stereocenters.